The largest absolute Gasteiger partial charge is 0.357 e. The first-order chi connectivity index (χ1) is 11.0. The van der Waals surface area contributed by atoms with Gasteiger partial charge in [0.05, 0.1) is 17.9 Å². The fourth-order valence-corrected chi connectivity index (χ4v) is 2.31. The van der Waals surface area contributed by atoms with Crippen molar-refractivity contribution in [2.24, 2.45) is 7.05 Å². The van der Waals surface area contributed by atoms with E-state index >= 15 is 0 Å². The lowest BCUT2D eigenvalue weighted by Crippen LogP contribution is -2.32. The predicted molar refractivity (Wildman–Crippen MR) is 89.4 cm³/mol. The molecule has 124 valence electrons. The molecule has 2 aromatic heterocycles. The quantitative estimate of drug-likeness (QED) is 0.850. The van der Waals surface area contributed by atoms with Crippen molar-refractivity contribution in [2.45, 2.75) is 26.8 Å². The maximum atomic E-state index is 12.0. The number of urea groups is 1. The van der Waals surface area contributed by atoms with Gasteiger partial charge in [0.2, 0.25) is 0 Å². The van der Waals surface area contributed by atoms with Crippen LogP contribution in [0.2, 0.25) is 0 Å². The minimum atomic E-state index is -0.308. The average molecular weight is 317 g/mol. The molecule has 0 spiro atoms. The number of amides is 2. The van der Waals surface area contributed by atoms with Crippen LogP contribution in [0.3, 0.4) is 0 Å². The second-order valence-electron chi connectivity index (χ2n) is 5.20. The van der Waals surface area contributed by atoms with E-state index in [1.807, 2.05) is 26.1 Å². The third-order valence-corrected chi connectivity index (χ3v) is 3.57. The summed E-state index contributed by atoms with van der Waals surface area (Å²) in [7, 11) is 1.83. The smallest absolute Gasteiger partial charge is 0.319 e. The van der Waals surface area contributed by atoms with Crippen molar-refractivity contribution in [2.75, 3.05) is 23.3 Å². The summed E-state index contributed by atoms with van der Waals surface area (Å²) in [5.74, 6) is 1.59. The molecule has 8 nitrogen and oxygen atoms in total. The second kappa shape index (κ2) is 7.57. The minimum absolute atomic E-state index is 0.245. The molecule has 0 saturated heterocycles. The molecule has 23 heavy (non-hydrogen) atoms. The molecule has 0 fully saturated rings. The lowest BCUT2D eigenvalue weighted by molar-refractivity contribution is 0.248. The summed E-state index contributed by atoms with van der Waals surface area (Å²) in [6, 6.07) is 3.19. The normalized spacial score (nSPS) is 11.8. The van der Waals surface area contributed by atoms with Gasteiger partial charge in [0, 0.05) is 20.1 Å². The van der Waals surface area contributed by atoms with Crippen molar-refractivity contribution in [3.8, 4) is 0 Å². The van der Waals surface area contributed by atoms with E-state index < -0.39 is 0 Å². The highest BCUT2D eigenvalue weighted by atomic mass is 16.2. The molecule has 8 heteroatoms. The Hall–Kier alpha value is -2.64. The number of anilines is 2. The molecule has 0 aromatic carbocycles. The van der Waals surface area contributed by atoms with Gasteiger partial charge in [-0.2, -0.15) is 0 Å². The molecular formula is C15H23N7O. The van der Waals surface area contributed by atoms with Crippen LogP contribution in [0.4, 0.5) is 16.3 Å². The zero-order valence-electron chi connectivity index (χ0n) is 13.9. The summed E-state index contributed by atoms with van der Waals surface area (Å²) >= 11 is 0. The first-order valence-electron chi connectivity index (χ1n) is 7.67. The van der Waals surface area contributed by atoms with Crippen molar-refractivity contribution in [1.82, 2.24) is 25.1 Å². The SMILES string of the molecule is CCN(CC)c1ccc(NC(=O)NC(C)c2nncn2C)cn1. The second-order valence-corrected chi connectivity index (χ2v) is 5.20. The maximum absolute atomic E-state index is 12.0. The molecule has 2 heterocycles. The van der Waals surface area contributed by atoms with Crippen molar-refractivity contribution >= 4 is 17.5 Å². The summed E-state index contributed by atoms with van der Waals surface area (Å²) in [6.45, 7) is 7.81. The maximum Gasteiger partial charge on any atom is 0.319 e. The zero-order valence-corrected chi connectivity index (χ0v) is 13.9. The van der Waals surface area contributed by atoms with E-state index in [0.717, 1.165) is 18.9 Å². The highest BCUT2D eigenvalue weighted by molar-refractivity contribution is 5.89. The molecular weight excluding hydrogens is 294 g/mol. The van der Waals surface area contributed by atoms with Crippen molar-refractivity contribution in [1.29, 1.82) is 0 Å². The molecule has 0 saturated carbocycles. The van der Waals surface area contributed by atoms with Crippen molar-refractivity contribution < 1.29 is 4.79 Å². The van der Waals surface area contributed by atoms with Crippen LogP contribution in [0.1, 0.15) is 32.6 Å². The Morgan fingerprint density at radius 2 is 2.09 bits per heavy atom. The summed E-state index contributed by atoms with van der Waals surface area (Å²) < 4.78 is 1.77. The molecule has 0 aliphatic heterocycles. The van der Waals surface area contributed by atoms with Gasteiger partial charge in [0.25, 0.3) is 0 Å². The van der Waals surface area contributed by atoms with E-state index in [0.29, 0.717) is 11.5 Å². The van der Waals surface area contributed by atoms with Gasteiger partial charge in [-0.25, -0.2) is 9.78 Å². The van der Waals surface area contributed by atoms with Crippen LogP contribution in [-0.4, -0.2) is 38.9 Å². The van der Waals surface area contributed by atoms with Gasteiger partial charge in [0.15, 0.2) is 5.82 Å². The third-order valence-electron chi connectivity index (χ3n) is 3.57. The average Bonchev–Trinajstić information content (AvgIpc) is 2.96. The first kappa shape index (κ1) is 16.7. The monoisotopic (exact) mass is 317 g/mol. The van der Waals surface area contributed by atoms with Gasteiger partial charge >= 0.3 is 6.03 Å². The van der Waals surface area contributed by atoms with Crippen LogP contribution in [0, 0.1) is 0 Å². The topological polar surface area (TPSA) is 88.0 Å². The van der Waals surface area contributed by atoms with Crippen molar-refractivity contribution in [3.63, 3.8) is 0 Å². The number of aryl methyl sites for hydroxylation is 1. The fourth-order valence-electron chi connectivity index (χ4n) is 2.31. The standard InChI is InChI=1S/C15H23N7O/c1-5-22(6-2)13-8-7-12(9-16-13)19-15(23)18-11(3)14-20-17-10-21(14)4/h7-11H,5-6H2,1-4H3,(H2,18,19,23). The number of hydrogen-bond donors (Lipinski definition) is 2. The Morgan fingerprint density at radius 3 is 2.61 bits per heavy atom. The summed E-state index contributed by atoms with van der Waals surface area (Å²) in [5, 5.41) is 13.4. The van der Waals surface area contributed by atoms with Crippen LogP contribution in [0.15, 0.2) is 24.7 Å². The molecule has 0 aliphatic carbocycles. The van der Waals surface area contributed by atoms with Crippen LogP contribution in [0.5, 0.6) is 0 Å². The van der Waals surface area contributed by atoms with E-state index in [1.165, 1.54) is 0 Å². The number of hydrogen-bond acceptors (Lipinski definition) is 5. The summed E-state index contributed by atoms with van der Waals surface area (Å²) in [5.41, 5.74) is 0.642. The van der Waals surface area contributed by atoms with E-state index in [9.17, 15) is 4.79 Å². The number of carbonyl (C=O) groups excluding carboxylic acids is 1. The molecule has 2 aromatic rings. The van der Waals surface area contributed by atoms with E-state index in [-0.39, 0.29) is 12.1 Å². The number of aromatic nitrogens is 4. The van der Waals surface area contributed by atoms with Gasteiger partial charge < -0.3 is 20.1 Å². The Bertz CT molecular complexity index is 634. The highest BCUT2D eigenvalue weighted by Gasteiger charge is 2.14. The summed E-state index contributed by atoms with van der Waals surface area (Å²) in [4.78, 5) is 18.6. The van der Waals surface area contributed by atoms with E-state index in [1.54, 1.807) is 17.1 Å². The Balaban J connectivity index is 1.94. The molecule has 0 radical (unpaired) electrons. The fraction of sp³-hybridized carbons (Fsp3) is 0.467. The van der Waals surface area contributed by atoms with Gasteiger partial charge in [-0.15, -0.1) is 10.2 Å². The molecule has 2 amide bonds. The molecule has 1 unspecified atom stereocenters. The highest BCUT2D eigenvalue weighted by Crippen LogP contribution is 2.14. The zero-order chi connectivity index (χ0) is 16.8. The van der Waals surface area contributed by atoms with Crippen LogP contribution in [-0.2, 0) is 7.05 Å². The molecule has 0 bridgehead atoms. The third kappa shape index (κ3) is 4.18. The predicted octanol–water partition coefficient (Wildman–Crippen LogP) is 1.94. The van der Waals surface area contributed by atoms with Gasteiger partial charge in [-0.05, 0) is 32.9 Å². The number of nitrogens with one attached hydrogen (secondary N) is 2. The summed E-state index contributed by atoms with van der Waals surface area (Å²) in [6.07, 6.45) is 3.25. The van der Waals surface area contributed by atoms with Gasteiger partial charge in [-0.3, -0.25) is 0 Å². The van der Waals surface area contributed by atoms with Crippen LogP contribution in [0.25, 0.3) is 0 Å². The van der Waals surface area contributed by atoms with E-state index in [2.05, 4.69) is 44.6 Å². The van der Waals surface area contributed by atoms with Crippen LogP contribution < -0.4 is 15.5 Å². The molecule has 0 aliphatic rings. The molecule has 2 rings (SSSR count). The lowest BCUT2D eigenvalue weighted by Gasteiger charge is -2.19. The lowest BCUT2D eigenvalue weighted by atomic mass is 10.3. The number of nitrogens with zero attached hydrogens (tertiary/aromatic N) is 5. The minimum Gasteiger partial charge on any atom is -0.357 e. The van der Waals surface area contributed by atoms with Crippen molar-refractivity contribution in [3.05, 3.63) is 30.5 Å². The Labute approximate surface area is 135 Å². The number of carbonyl (C=O) groups is 1. The van der Waals surface area contributed by atoms with Gasteiger partial charge in [-0.1, -0.05) is 0 Å². The number of pyridine rings is 1. The first-order valence-corrected chi connectivity index (χ1v) is 7.67. The van der Waals surface area contributed by atoms with E-state index in [4.69, 9.17) is 0 Å². The Kier molecular flexibility index (Phi) is 5.51. The number of rotatable bonds is 6. The van der Waals surface area contributed by atoms with Crippen LogP contribution >= 0.6 is 0 Å². The molecule has 2 N–H and O–H groups in total. The Morgan fingerprint density at radius 1 is 1.35 bits per heavy atom. The van der Waals surface area contributed by atoms with Gasteiger partial charge in [0.1, 0.15) is 12.1 Å². The molecule has 1 atom stereocenters.